The molecule has 0 fully saturated rings. The number of hydrogen-bond donors (Lipinski definition) is 2. The third kappa shape index (κ3) is 5.18. The topological polar surface area (TPSA) is 59.6 Å². The van der Waals surface area contributed by atoms with Gasteiger partial charge in [-0.2, -0.15) is 0 Å². The number of ether oxygens (including phenoxy) is 2. The van der Waals surface area contributed by atoms with E-state index in [1.807, 2.05) is 24.3 Å². The van der Waals surface area contributed by atoms with E-state index in [0.717, 1.165) is 11.3 Å². The van der Waals surface area contributed by atoms with Crippen molar-refractivity contribution >= 4 is 41.5 Å². The predicted octanol–water partition coefficient (Wildman–Crippen LogP) is 3.87. The normalized spacial score (nSPS) is 9.83. The summed E-state index contributed by atoms with van der Waals surface area (Å²) in [7, 11) is 3.07. The third-order valence-corrected chi connectivity index (χ3v) is 3.68. The van der Waals surface area contributed by atoms with E-state index in [1.165, 1.54) is 19.2 Å². The van der Waals surface area contributed by atoms with E-state index in [2.05, 4.69) is 10.9 Å². The number of carbonyl (C=O) groups is 1. The zero-order chi connectivity index (χ0) is 16.8. The molecule has 1 amide bonds. The Bertz CT molecular complexity index is 670. The summed E-state index contributed by atoms with van der Waals surface area (Å²) in [6, 6.07) is 10.5. The van der Waals surface area contributed by atoms with Crippen LogP contribution < -0.4 is 20.3 Å². The summed E-state index contributed by atoms with van der Waals surface area (Å²) >= 11 is 12.0. The lowest BCUT2D eigenvalue weighted by Gasteiger charge is -2.10. The molecule has 24 heavy (non-hydrogen) atoms. The number of nitrogens with one attached hydrogen (secondary N) is 2. The summed E-state index contributed by atoms with van der Waals surface area (Å²) in [5, 5.41) is 0.556. The molecule has 0 saturated heterocycles. The Morgan fingerprint density at radius 1 is 1.04 bits per heavy atom. The molecule has 0 bridgehead atoms. The van der Waals surface area contributed by atoms with Gasteiger partial charge in [-0.25, -0.2) is 5.43 Å². The predicted molar refractivity (Wildman–Crippen MR) is 97.6 cm³/mol. The molecule has 0 unspecified atom stereocenters. The minimum atomic E-state index is -0.343. The highest BCUT2D eigenvalue weighted by atomic mass is 35.5. The smallest absolute Gasteiger partial charge is 0.265 e. The highest BCUT2D eigenvalue weighted by Gasteiger charge is 2.13. The van der Waals surface area contributed by atoms with E-state index in [1.54, 1.807) is 7.11 Å². The molecule has 2 N–H and O–H groups in total. The Morgan fingerprint density at radius 3 is 2.12 bits per heavy atom. The first-order valence-corrected chi connectivity index (χ1v) is 7.50. The van der Waals surface area contributed by atoms with Crippen LogP contribution in [0.1, 0.15) is 15.9 Å². The summed E-state index contributed by atoms with van der Waals surface area (Å²) in [5.74, 6) is 0.779. The van der Waals surface area contributed by atoms with Crippen LogP contribution in [0.4, 0.5) is 0 Å². The second-order valence-corrected chi connectivity index (χ2v) is 5.44. The van der Waals surface area contributed by atoms with Gasteiger partial charge in [-0.15, -0.1) is 12.4 Å². The molecule has 0 saturated carbocycles. The fraction of sp³-hybridized carbons (Fsp3) is 0.188. The van der Waals surface area contributed by atoms with Gasteiger partial charge in [0, 0.05) is 12.1 Å². The van der Waals surface area contributed by atoms with E-state index in [9.17, 15) is 4.79 Å². The van der Waals surface area contributed by atoms with Crippen LogP contribution in [0.3, 0.4) is 0 Å². The van der Waals surface area contributed by atoms with Gasteiger partial charge in [0.05, 0.1) is 24.3 Å². The van der Waals surface area contributed by atoms with Crippen molar-refractivity contribution in [1.82, 2.24) is 10.9 Å². The van der Waals surface area contributed by atoms with Crippen LogP contribution in [0.25, 0.3) is 0 Å². The van der Waals surface area contributed by atoms with E-state index in [4.69, 9.17) is 32.7 Å². The van der Waals surface area contributed by atoms with Gasteiger partial charge in [-0.3, -0.25) is 10.2 Å². The maximum absolute atomic E-state index is 12.1. The lowest BCUT2D eigenvalue weighted by molar-refractivity contribution is 0.0932. The van der Waals surface area contributed by atoms with Crippen molar-refractivity contribution in [2.24, 2.45) is 0 Å². The van der Waals surface area contributed by atoms with Crippen molar-refractivity contribution in [1.29, 1.82) is 0 Å². The van der Waals surface area contributed by atoms with Crippen LogP contribution in [0.15, 0.2) is 36.4 Å². The lowest BCUT2D eigenvalue weighted by atomic mass is 10.2. The van der Waals surface area contributed by atoms with Crippen LogP contribution in [0.2, 0.25) is 10.0 Å². The molecule has 0 aliphatic rings. The van der Waals surface area contributed by atoms with Gasteiger partial charge in [0.2, 0.25) is 0 Å². The molecule has 5 nitrogen and oxygen atoms in total. The average Bonchev–Trinajstić information content (AvgIpc) is 2.55. The number of benzene rings is 2. The SMILES string of the molecule is COc1ccc(CNNC(=O)c2cc(Cl)c(OC)c(Cl)c2)cc1.Cl. The van der Waals surface area contributed by atoms with E-state index < -0.39 is 0 Å². The van der Waals surface area contributed by atoms with Gasteiger partial charge in [-0.05, 0) is 29.8 Å². The standard InChI is InChI=1S/C16H16Cl2N2O3.ClH/c1-22-12-5-3-10(4-6-12)9-19-20-16(21)11-7-13(17)15(23-2)14(18)8-11;/h3-8,19H,9H2,1-2H3,(H,20,21);1H. The Hall–Kier alpha value is -1.66. The van der Waals surface area contributed by atoms with Gasteiger partial charge in [0.1, 0.15) is 5.75 Å². The maximum atomic E-state index is 12.1. The molecule has 2 aromatic rings. The molecule has 0 spiro atoms. The quantitative estimate of drug-likeness (QED) is 0.734. The molecule has 0 aliphatic heterocycles. The largest absolute Gasteiger partial charge is 0.497 e. The van der Waals surface area contributed by atoms with Crippen LogP contribution in [0.5, 0.6) is 11.5 Å². The first-order chi connectivity index (χ1) is 11.0. The Kier molecular flexibility index (Phi) is 8.15. The van der Waals surface area contributed by atoms with Crippen LogP contribution in [-0.4, -0.2) is 20.1 Å². The van der Waals surface area contributed by atoms with Crippen LogP contribution >= 0.6 is 35.6 Å². The van der Waals surface area contributed by atoms with Gasteiger partial charge < -0.3 is 9.47 Å². The molecule has 130 valence electrons. The molecule has 0 radical (unpaired) electrons. The van der Waals surface area contributed by atoms with Gasteiger partial charge in [-0.1, -0.05) is 35.3 Å². The summed E-state index contributed by atoms with van der Waals surface area (Å²) < 4.78 is 10.1. The second kappa shape index (κ2) is 9.59. The van der Waals surface area contributed by atoms with Gasteiger partial charge >= 0.3 is 0 Å². The zero-order valence-electron chi connectivity index (χ0n) is 13.1. The second-order valence-electron chi connectivity index (χ2n) is 4.63. The zero-order valence-corrected chi connectivity index (χ0v) is 15.4. The first kappa shape index (κ1) is 20.4. The van der Waals surface area contributed by atoms with Crippen LogP contribution in [0, 0.1) is 0 Å². The number of carbonyl (C=O) groups excluding carboxylic acids is 1. The summed E-state index contributed by atoms with van der Waals surface area (Å²) in [4.78, 5) is 12.1. The van der Waals surface area contributed by atoms with Crippen molar-refractivity contribution in [2.75, 3.05) is 14.2 Å². The van der Waals surface area contributed by atoms with E-state index in [-0.39, 0.29) is 28.4 Å². The van der Waals surface area contributed by atoms with Crippen LogP contribution in [-0.2, 0) is 6.54 Å². The summed E-state index contributed by atoms with van der Waals surface area (Å²) in [5.41, 5.74) is 6.77. The highest BCUT2D eigenvalue weighted by molar-refractivity contribution is 6.37. The van der Waals surface area contributed by atoms with E-state index >= 15 is 0 Å². The Labute approximate surface area is 156 Å². The Balaban J connectivity index is 0.00000288. The minimum absolute atomic E-state index is 0. The van der Waals surface area contributed by atoms with Crippen molar-refractivity contribution in [3.05, 3.63) is 57.6 Å². The number of rotatable bonds is 6. The fourth-order valence-electron chi connectivity index (χ4n) is 1.93. The molecule has 0 aliphatic carbocycles. The summed E-state index contributed by atoms with van der Waals surface area (Å²) in [6.07, 6.45) is 0. The number of amides is 1. The molecule has 8 heteroatoms. The highest BCUT2D eigenvalue weighted by Crippen LogP contribution is 2.33. The molecular formula is C16H17Cl3N2O3. The number of hydrogen-bond acceptors (Lipinski definition) is 4. The number of halogens is 3. The molecule has 0 heterocycles. The van der Waals surface area contributed by atoms with Crippen molar-refractivity contribution < 1.29 is 14.3 Å². The van der Waals surface area contributed by atoms with Crippen molar-refractivity contribution in [3.63, 3.8) is 0 Å². The minimum Gasteiger partial charge on any atom is -0.497 e. The average molecular weight is 392 g/mol. The molecule has 0 aromatic heterocycles. The molecule has 0 atom stereocenters. The number of hydrazine groups is 1. The molecule has 2 aromatic carbocycles. The third-order valence-electron chi connectivity index (χ3n) is 3.12. The first-order valence-electron chi connectivity index (χ1n) is 6.74. The number of methoxy groups -OCH3 is 2. The van der Waals surface area contributed by atoms with Crippen molar-refractivity contribution in [3.8, 4) is 11.5 Å². The maximum Gasteiger partial charge on any atom is 0.265 e. The van der Waals surface area contributed by atoms with E-state index in [0.29, 0.717) is 17.9 Å². The van der Waals surface area contributed by atoms with Crippen molar-refractivity contribution in [2.45, 2.75) is 6.54 Å². The molecular weight excluding hydrogens is 375 g/mol. The fourth-order valence-corrected chi connectivity index (χ4v) is 2.57. The lowest BCUT2D eigenvalue weighted by Crippen LogP contribution is -2.36. The summed E-state index contributed by atoms with van der Waals surface area (Å²) in [6.45, 7) is 0.466. The monoisotopic (exact) mass is 390 g/mol. The Morgan fingerprint density at radius 2 is 1.62 bits per heavy atom. The molecule has 2 rings (SSSR count). The van der Waals surface area contributed by atoms with Gasteiger partial charge in [0.25, 0.3) is 5.91 Å². The van der Waals surface area contributed by atoms with Gasteiger partial charge in [0.15, 0.2) is 5.75 Å².